The van der Waals surface area contributed by atoms with Crippen molar-refractivity contribution >= 4 is 11.6 Å². The molecule has 1 amide bonds. The fraction of sp³-hybridized carbons (Fsp3) is 0.611. The minimum absolute atomic E-state index is 0.0527. The number of hydrogen-bond acceptors (Lipinski definition) is 3. The molecule has 3 N–H and O–H groups in total. The summed E-state index contributed by atoms with van der Waals surface area (Å²) in [6.45, 7) is 9.98. The van der Waals surface area contributed by atoms with Crippen molar-refractivity contribution in [1.82, 2.24) is 5.32 Å². The Balaban J connectivity index is 2.02. The SMILES string of the molecule is Cc1ccc(N)cc1C(=O)NCC1CCCOC1C(C)(C)C. The van der Waals surface area contributed by atoms with Crippen molar-refractivity contribution in [3.8, 4) is 0 Å². The molecule has 0 spiro atoms. The number of nitrogens with two attached hydrogens (primary N) is 1. The predicted octanol–water partition coefficient (Wildman–Crippen LogP) is 3.15. The second kappa shape index (κ2) is 6.69. The zero-order chi connectivity index (χ0) is 16.3. The van der Waals surface area contributed by atoms with Crippen LogP contribution in [-0.4, -0.2) is 25.2 Å². The second-order valence-electron chi connectivity index (χ2n) is 7.34. The monoisotopic (exact) mass is 304 g/mol. The second-order valence-corrected chi connectivity index (χ2v) is 7.34. The molecule has 2 rings (SSSR count). The standard InChI is InChI=1S/C18H28N2O2/c1-12-7-8-14(19)10-15(12)17(21)20-11-13-6-5-9-22-16(13)18(2,3)4/h7-8,10,13,16H,5-6,9,11,19H2,1-4H3,(H,20,21). The van der Waals surface area contributed by atoms with Gasteiger partial charge in [-0.2, -0.15) is 0 Å². The molecule has 0 saturated carbocycles. The van der Waals surface area contributed by atoms with E-state index in [1.165, 1.54) is 0 Å². The third-order valence-corrected chi connectivity index (χ3v) is 4.33. The molecular formula is C18H28N2O2. The first-order valence-electron chi connectivity index (χ1n) is 8.05. The van der Waals surface area contributed by atoms with Crippen LogP contribution in [0.5, 0.6) is 0 Å². The van der Waals surface area contributed by atoms with Gasteiger partial charge >= 0.3 is 0 Å². The molecule has 1 aliphatic heterocycles. The van der Waals surface area contributed by atoms with Crippen molar-refractivity contribution in [2.75, 3.05) is 18.9 Å². The molecule has 0 aliphatic carbocycles. The van der Waals surface area contributed by atoms with Gasteiger partial charge in [0.1, 0.15) is 0 Å². The highest BCUT2D eigenvalue weighted by Gasteiger charge is 2.35. The maximum absolute atomic E-state index is 12.4. The predicted molar refractivity (Wildman–Crippen MR) is 89.8 cm³/mol. The van der Waals surface area contributed by atoms with E-state index < -0.39 is 0 Å². The molecule has 0 bridgehead atoms. The summed E-state index contributed by atoms with van der Waals surface area (Å²) >= 11 is 0. The van der Waals surface area contributed by atoms with Crippen LogP contribution < -0.4 is 11.1 Å². The van der Waals surface area contributed by atoms with Crippen LogP contribution in [-0.2, 0) is 4.74 Å². The van der Waals surface area contributed by atoms with Crippen LogP contribution in [0.1, 0.15) is 49.5 Å². The zero-order valence-corrected chi connectivity index (χ0v) is 14.1. The van der Waals surface area contributed by atoms with Gasteiger partial charge in [0.05, 0.1) is 6.10 Å². The molecule has 4 nitrogen and oxygen atoms in total. The number of anilines is 1. The topological polar surface area (TPSA) is 64.4 Å². The molecule has 0 radical (unpaired) electrons. The molecule has 1 saturated heterocycles. The van der Waals surface area contributed by atoms with Gasteiger partial charge in [-0.25, -0.2) is 0 Å². The Bertz CT molecular complexity index is 534. The van der Waals surface area contributed by atoms with E-state index in [2.05, 4.69) is 26.1 Å². The lowest BCUT2D eigenvalue weighted by Crippen LogP contribution is -2.45. The summed E-state index contributed by atoms with van der Waals surface area (Å²) in [6, 6.07) is 5.44. The van der Waals surface area contributed by atoms with E-state index >= 15 is 0 Å². The number of hydrogen-bond donors (Lipinski definition) is 2. The summed E-state index contributed by atoms with van der Waals surface area (Å²) in [5.74, 6) is 0.307. The summed E-state index contributed by atoms with van der Waals surface area (Å²) in [5, 5.41) is 3.06. The Hall–Kier alpha value is -1.55. The number of amides is 1. The third kappa shape index (κ3) is 4.01. The van der Waals surface area contributed by atoms with Crippen molar-refractivity contribution in [3.63, 3.8) is 0 Å². The first-order valence-corrected chi connectivity index (χ1v) is 8.05. The highest BCUT2D eigenvalue weighted by atomic mass is 16.5. The van der Waals surface area contributed by atoms with Crippen molar-refractivity contribution in [3.05, 3.63) is 29.3 Å². The summed E-state index contributed by atoms with van der Waals surface area (Å²) in [4.78, 5) is 12.4. The first kappa shape index (κ1) is 16.8. The molecule has 2 unspecified atom stereocenters. The van der Waals surface area contributed by atoms with Crippen molar-refractivity contribution in [1.29, 1.82) is 0 Å². The van der Waals surface area contributed by atoms with Gasteiger partial charge in [-0.15, -0.1) is 0 Å². The normalized spacial score (nSPS) is 22.4. The summed E-state index contributed by atoms with van der Waals surface area (Å²) in [5.41, 5.74) is 8.08. The quantitative estimate of drug-likeness (QED) is 0.843. The van der Waals surface area contributed by atoms with E-state index in [0.29, 0.717) is 23.7 Å². The van der Waals surface area contributed by atoms with Crippen molar-refractivity contribution in [2.24, 2.45) is 11.3 Å². The number of nitrogen functional groups attached to an aromatic ring is 1. The van der Waals surface area contributed by atoms with Crippen LogP contribution in [0.2, 0.25) is 0 Å². The van der Waals surface area contributed by atoms with E-state index in [9.17, 15) is 4.79 Å². The van der Waals surface area contributed by atoms with Gasteiger partial charge in [0.25, 0.3) is 5.91 Å². The highest BCUT2D eigenvalue weighted by Crippen LogP contribution is 2.33. The molecular weight excluding hydrogens is 276 g/mol. The van der Waals surface area contributed by atoms with E-state index in [4.69, 9.17) is 10.5 Å². The van der Waals surface area contributed by atoms with Crippen LogP contribution in [0.4, 0.5) is 5.69 Å². The Kier molecular flexibility index (Phi) is 5.12. The Morgan fingerprint density at radius 2 is 2.14 bits per heavy atom. The van der Waals surface area contributed by atoms with Gasteiger partial charge in [-0.1, -0.05) is 26.8 Å². The largest absolute Gasteiger partial charge is 0.399 e. The summed E-state index contributed by atoms with van der Waals surface area (Å²) in [6.07, 6.45) is 2.34. The van der Waals surface area contributed by atoms with Crippen LogP contribution in [0.25, 0.3) is 0 Å². The van der Waals surface area contributed by atoms with Gasteiger partial charge < -0.3 is 15.8 Å². The lowest BCUT2D eigenvalue weighted by molar-refractivity contribution is -0.0839. The minimum atomic E-state index is -0.0527. The van der Waals surface area contributed by atoms with Crippen molar-refractivity contribution in [2.45, 2.75) is 46.6 Å². The number of ether oxygens (including phenoxy) is 1. The maximum Gasteiger partial charge on any atom is 0.251 e. The fourth-order valence-corrected chi connectivity index (χ4v) is 3.21. The Morgan fingerprint density at radius 1 is 1.41 bits per heavy atom. The van der Waals surface area contributed by atoms with Crippen LogP contribution in [0, 0.1) is 18.3 Å². The maximum atomic E-state index is 12.4. The lowest BCUT2D eigenvalue weighted by atomic mass is 9.78. The van der Waals surface area contributed by atoms with Crippen molar-refractivity contribution < 1.29 is 9.53 Å². The molecule has 0 aromatic heterocycles. The third-order valence-electron chi connectivity index (χ3n) is 4.33. The molecule has 1 heterocycles. The summed E-state index contributed by atoms with van der Waals surface area (Å²) in [7, 11) is 0. The van der Waals surface area contributed by atoms with Crippen LogP contribution >= 0.6 is 0 Å². The number of nitrogens with one attached hydrogen (secondary N) is 1. The Labute approximate surface area is 133 Å². The number of aryl methyl sites for hydroxylation is 1. The average Bonchev–Trinajstić information content (AvgIpc) is 2.46. The fourth-order valence-electron chi connectivity index (χ4n) is 3.21. The van der Waals surface area contributed by atoms with E-state index in [1.807, 2.05) is 19.1 Å². The number of carbonyl (C=O) groups is 1. The smallest absolute Gasteiger partial charge is 0.251 e. The number of benzene rings is 1. The number of rotatable bonds is 3. The van der Waals surface area contributed by atoms with Gasteiger partial charge in [0.15, 0.2) is 0 Å². The summed E-state index contributed by atoms with van der Waals surface area (Å²) < 4.78 is 5.96. The Morgan fingerprint density at radius 3 is 2.82 bits per heavy atom. The first-order chi connectivity index (χ1) is 10.3. The van der Waals surface area contributed by atoms with E-state index in [-0.39, 0.29) is 17.4 Å². The van der Waals surface area contributed by atoms with Gasteiger partial charge in [0.2, 0.25) is 0 Å². The van der Waals surface area contributed by atoms with Gasteiger partial charge in [0, 0.05) is 30.3 Å². The molecule has 122 valence electrons. The van der Waals surface area contributed by atoms with E-state index in [0.717, 1.165) is 25.0 Å². The molecule has 1 aliphatic rings. The zero-order valence-electron chi connectivity index (χ0n) is 14.1. The molecule has 1 aromatic rings. The molecule has 22 heavy (non-hydrogen) atoms. The van der Waals surface area contributed by atoms with Gasteiger partial charge in [-0.05, 0) is 42.9 Å². The van der Waals surface area contributed by atoms with Gasteiger partial charge in [-0.3, -0.25) is 4.79 Å². The van der Waals surface area contributed by atoms with E-state index in [1.54, 1.807) is 6.07 Å². The molecule has 2 atom stereocenters. The minimum Gasteiger partial charge on any atom is -0.399 e. The molecule has 4 heteroatoms. The highest BCUT2D eigenvalue weighted by molar-refractivity contribution is 5.96. The number of carbonyl (C=O) groups excluding carboxylic acids is 1. The lowest BCUT2D eigenvalue weighted by Gasteiger charge is -2.40. The molecule has 1 fully saturated rings. The average molecular weight is 304 g/mol. The van der Waals surface area contributed by atoms with Crippen LogP contribution in [0.15, 0.2) is 18.2 Å². The molecule has 1 aromatic carbocycles. The van der Waals surface area contributed by atoms with Crippen LogP contribution in [0.3, 0.4) is 0 Å².